The number of hydrogen-bond donors (Lipinski definition) is 1. The van der Waals surface area contributed by atoms with Crippen molar-refractivity contribution in [2.24, 2.45) is 0 Å². The van der Waals surface area contributed by atoms with Crippen LogP contribution in [0, 0.1) is 0 Å². The van der Waals surface area contributed by atoms with Crippen LogP contribution < -0.4 is 5.32 Å². The fourth-order valence-electron chi connectivity index (χ4n) is 2.47. The van der Waals surface area contributed by atoms with Crippen LogP contribution in [0.3, 0.4) is 0 Å². The number of nitrogens with zero attached hydrogens (tertiary/aromatic N) is 2. The highest BCUT2D eigenvalue weighted by Crippen LogP contribution is 2.30. The molecule has 1 heterocycles. The number of hydrogen-bond acceptors (Lipinski definition) is 6. The van der Waals surface area contributed by atoms with Crippen LogP contribution in [-0.2, 0) is 15.3 Å². The zero-order chi connectivity index (χ0) is 23.0. The van der Waals surface area contributed by atoms with Crippen molar-refractivity contribution >= 4 is 21.4 Å². The van der Waals surface area contributed by atoms with E-state index in [0.717, 1.165) is 24.3 Å². The molecule has 2 aromatic carbocycles. The average Bonchev–Trinajstić information content (AvgIpc) is 3.18. The number of carbonyl (C=O) groups excluding carboxylic acids is 1. The average molecular weight is 453 g/mol. The minimum atomic E-state index is -5.47. The van der Waals surface area contributed by atoms with Gasteiger partial charge >= 0.3 is 5.51 Å². The lowest BCUT2D eigenvalue weighted by Gasteiger charge is -2.10. The second-order valence-electron chi connectivity index (χ2n) is 7.68. The SMILES string of the molecule is CC(C)(C)c1nc(-c2ccc(NC(=O)c3ccc(S(=O)(=O)C(F)(F)F)cc3)cc2)no1. The second kappa shape index (κ2) is 7.80. The van der Waals surface area contributed by atoms with Gasteiger partial charge in [-0.25, -0.2) is 8.42 Å². The van der Waals surface area contributed by atoms with Crippen molar-refractivity contribution in [2.45, 2.75) is 36.6 Å². The van der Waals surface area contributed by atoms with Crippen LogP contribution >= 0.6 is 0 Å². The van der Waals surface area contributed by atoms with Gasteiger partial charge < -0.3 is 9.84 Å². The summed E-state index contributed by atoms with van der Waals surface area (Å²) in [6.07, 6.45) is 0. The molecule has 7 nitrogen and oxygen atoms in total. The van der Waals surface area contributed by atoms with Gasteiger partial charge in [-0.05, 0) is 48.5 Å². The molecule has 0 radical (unpaired) electrons. The summed E-state index contributed by atoms with van der Waals surface area (Å²) in [7, 11) is -5.47. The molecule has 0 saturated carbocycles. The molecule has 3 rings (SSSR count). The van der Waals surface area contributed by atoms with E-state index in [1.807, 2.05) is 20.8 Å². The summed E-state index contributed by atoms with van der Waals surface area (Å²) in [5.41, 5.74) is -4.63. The molecule has 0 fully saturated rings. The van der Waals surface area contributed by atoms with Crippen molar-refractivity contribution in [1.82, 2.24) is 10.1 Å². The summed E-state index contributed by atoms with van der Waals surface area (Å²) < 4.78 is 65.8. The third kappa shape index (κ3) is 4.76. The van der Waals surface area contributed by atoms with E-state index >= 15 is 0 Å². The Labute approximate surface area is 176 Å². The smallest absolute Gasteiger partial charge is 0.338 e. The molecule has 164 valence electrons. The van der Waals surface area contributed by atoms with Gasteiger partial charge in [0.15, 0.2) is 0 Å². The van der Waals surface area contributed by atoms with Crippen LogP contribution in [-0.4, -0.2) is 30.0 Å². The highest BCUT2D eigenvalue weighted by atomic mass is 32.2. The van der Waals surface area contributed by atoms with Gasteiger partial charge in [-0.15, -0.1) is 0 Å². The predicted molar refractivity (Wildman–Crippen MR) is 106 cm³/mol. The van der Waals surface area contributed by atoms with E-state index in [2.05, 4.69) is 15.5 Å². The van der Waals surface area contributed by atoms with E-state index in [1.165, 1.54) is 0 Å². The van der Waals surface area contributed by atoms with Gasteiger partial charge in [0.2, 0.25) is 11.7 Å². The number of carbonyl (C=O) groups is 1. The van der Waals surface area contributed by atoms with Crippen LogP contribution in [0.2, 0.25) is 0 Å². The Balaban J connectivity index is 1.72. The van der Waals surface area contributed by atoms with Gasteiger partial charge in [-0.3, -0.25) is 4.79 Å². The van der Waals surface area contributed by atoms with Crippen molar-refractivity contribution in [3.63, 3.8) is 0 Å². The van der Waals surface area contributed by atoms with E-state index in [1.54, 1.807) is 24.3 Å². The Kier molecular flexibility index (Phi) is 5.66. The number of sulfone groups is 1. The van der Waals surface area contributed by atoms with Gasteiger partial charge in [0.05, 0.1) is 4.90 Å². The third-order valence-electron chi connectivity index (χ3n) is 4.20. The fraction of sp³-hybridized carbons (Fsp3) is 0.250. The first-order chi connectivity index (χ1) is 14.3. The number of benzene rings is 2. The zero-order valence-electron chi connectivity index (χ0n) is 16.7. The van der Waals surface area contributed by atoms with Gasteiger partial charge in [-0.1, -0.05) is 25.9 Å². The van der Waals surface area contributed by atoms with Gasteiger partial charge in [-0.2, -0.15) is 18.2 Å². The maximum absolute atomic E-state index is 12.6. The lowest BCUT2D eigenvalue weighted by atomic mass is 9.97. The van der Waals surface area contributed by atoms with Gasteiger partial charge in [0.25, 0.3) is 15.7 Å². The summed E-state index contributed by atoms with van der Waals surface area (Å²) in [6, 6.07) is 10.0. The van der Waals surface area contributed by atoms with Crippen LogP contribution in [0.15, 0.2) is 57.9 Å². The minimum absolute atomic E-state index is 0.00168. The topological polar surface area (TPSA) is 102 Å². The Bertz CT molecular complexity index is 1190. The maximum Gasteiger partial charge on any atom is 0.501 e. The Morgan fingerprint density at radius 2 is 1.55 bits per heavy atom. The zero-order valence-corrected chi connectivity index (χ0v) is 17.5. The lowest BCUT2D eigenvalue weighted by Crippen LogP contribution is -2.23. The van der Waals surface area contributed by atoms with E-state index in [-0.39, 0.29) is 11.0 Å². The monoisotopic (exact) mass is 453 g/mol. The summed E-state index contributed by atoms with van der Waals surface area (Å²) in [5, 5.41) is 6.51. The van der Waals surface area contributed by atoms with Crippen molar-refractivity contribution in [1.29, 1.82) is 0 Å². The molecule has 0 aliphatic rings. The number of anilines is 1. The Morgan fingerprint density at radius 3 is 2.03 bits per heavy atom. The van der Waals surface area contributed by atoms with Gasteiger partial charge in [0, 0.05) is 22.2 Å². The quantitative estimate of drug-likeness (QED) is 0.620. The molecule has 0 aliphatic heterocycles. The first-order valence-electron chi connectivity index (χ1n) is 8.96. The summed E-state index contributed by atoms with van der Waals surface area (Å²) in [4.78, 5) is 15.7. The molecule has 0 aliphatic carbocycles. The first kappa shape index (κ1) is 22.5. The molecule has 11 heteroatoms. The first-order valence-corrected chi connectivity index (χ1v) is 10.4. The number of nitrogens with one attached hydrogen (secondary N) is 1. The van der Waals surface area contributed by atoms with Crippen molar-refractivity contribution in [2.75, 3.05) is 5.32 Å². The van der Waals surface area contributed by atoms with E-state index < -0.39 is 26.1 Å². The van der Waals surface area contributed by atoms with Crippen LogP contribution in [0.25, 0.3) is 11.4 Å². The summed E-state index contributed by atoms with van der Waals surface area (Å²) in [5.74, 6) is 0.262. The number of aromatic nitrogens is 2. The largest absolute Gasteiger partial charge is 0.501 e. The Morgan fingerprint density at radius 1 is 0.968 bits per heavy atom. The number of amides is 1. The van der Waals surface area contributed by atoms with Crippen LogP contribution in [0.1, 0.15) is 37.0 Å². The summed E-state index contributed by atoms with van der Waals surface area (Å²) >= 11 is 0. The molecule has 31 heavy (non-hydrogen) atoms. The molecule has 1 amide bonds. The van der Waals surface area contributed by atoms with E-state index in [0.29, 0.717) is 23.0 Å². The summed E-state index contributed by atoms with van der Waals surface area (Å²) in [6.45, 7) is 5.82. The predicted octanol–water partition coefficient (Wildman–Crippen LogP) is 4.58. The van der Waals surface area contributed by atoms with Crippen LogP contribution in [0.4, 0.5) is 18.9 Å². The molecule has 0 bridgehead atoms. The molecular weight excluding hydrogens is 435 g/mol. The number of rotatable bonds is 4. The normalized spacial score (nSPS) is 12.6. The number of alkyl halides is 3. The third-order valence-corrected chi connectivity index (χ3v) is 5.70. The minimum Gasteiger partial charge on any atom is -0.338 e. The molecular formula is C20H18F3N3O4S. The lowest BCUT2D eigenvalue weighted by molar-refractivity contribution is -0.0436. The number of halogens is 3. The highest BCUT2D eigenvalue weighted by molar-refractivity contribution is 7.92. The van der Waals surface area contributed by atoms with E-state index in [9.17, 15) is 26.4 Å². The highest BCUT2D eigenvalue weighted by Gasteiger charge is 2.46. The van der Waals surface area contributed by atoms with Crippen molar-refractivity contribution < 1.29 is 30.9 Å². The molecule has 3 aromatic rings. The second-order valence-corrected chi connectivity index (χ2v) is 9.62. The van der Waals surface area contributed by atoms with E-state index in [4.69, 9.17) is 4.52 Å². The standard InChI is InChI=1S/C20H18F3N3O4S/c1-19(2,3)18-25-16(26-30-18)12-4-8-14(9-5-12)24-17(27)13-6-10-15(11-7-13)31(28,29)20(21,22)23/h4-11H,1-3H3,(H,24,27). The molecule has 0 atom stereocenters. The van der Waals surface area contributed by atoms with Gasteiger partial charge in [0.1, 0.15) is 0 Å². The van der Waals surface area contributed by atoms with Crippen molar-refractivity contribution in [3.8, 4) is 11.4 Å². The molecule has 0 saturated heterocycles. The molecule has 0 unspecified atom stereocenters. The molecule has 1 N–H and O–H groups in total. The molecule has 0 spiro atoms. The Hall–Kier alpha value is -3.21. The van der Waals surface area contributed by atoms with Crippen molar-refractivity contribution in [3.05, 3.63) is 60.0 Å². The fourth-order valence-corrected chi connectivity index (χ4v) is 3.23. The van der Waals surface area contributed by atoms with Crippen LogP contribution in [0.5, 0.6) is 0 Å². The maximum atomic E-state index is 12.6. The molecule has 1 aromatic heterocycles.